The predicted molar refractivity (Wildman–Crippen MR) is 83.0 cm³/mol. The summed E-state index contributed by atoms with van der Waals surface area (Å²) in [5.41, 5.74) is 1.45. The number of aryl methyl sites for hydroxylation is 2. The van der Waals surface area contributed by atoms with Crippen molar-refractivity contribution < 1.29 is 9.90 Å². The zero-order valence-electron chi connectivity index (χ0n) is 12.3. The van der Waals surface area contributed by atoms with E-state index < -0.39 is 5.60 Å². The Morgan fingerprint density at radius 3 is 2.43 bits per heavy atom. The molecule has 1 atom stereocenters. The van der Waals surface area contributed by atoms with Gasteiger partial charge < -0.3 is 10.4 Å². The van der Waals surface area contributed by atoms with Crippen LogP contribution in [0.4, 0.5) is 5.69 Å². The van der Waals surface area contributed by atoms with Crippen LogP contribution in [0.2, 0.25) is 0 Å². The van der Waals surface area contributed by atoms with Gasteiger partial charge in [-0.15, -0.1) is 0 Å². The Morgan fingerprint density at radius 1 is 1.19 bits per heavy atom. The van der Waals surface area contributed by atoms with Gasteiger partial charge in [-0.25, -0.2) is 0 Å². The summed E-state index contributed by atoms with van der Waals surface area (Å²) in [7, 11) is 0. The number of hydrogen-bond donors (Lipinski definition) is 2. The molecule has 1 amide bonds. The Morgan fingerprint density at radius 2 is 1.81 bits per heavy atom. The molecule has 1 aromatic carbocycles. The van der Waals surface area contributed by atoms with Gasteiger partial charge in [0.25, 0.3) is 5.91 Å². The van der Waals surface area contributed by atoms with E-state index in [1.54, 1.807) is 12.4 Å². The van der Waals surface area contributed by atoms with Gasteiger partial charge in [-0.3, -0.25) is 9.78 Å². The number of anilines is 1. The van der Waals surface area contributed by atoms with E-state index in [0.717, 1.165) is 11.1 Å². The molecule has 0 unspecified atom stereocenters. The van der Waals surface area contributed by atoms with Crippen molar-refractivity contribution in [1.29, 1.82) is 0 Å². The fourth-order valence-electron chi connectivity index (χ4n) is 1.95. The first-order valence-corrected chi connectivity index (χ1v) is 6.97. The number of amides is 1. The molecule has 0 aliphatic carbocycles. The second-order valence-corrected chi connectivity index (χ2v) is 5.45. The van der Waals surface area contributed by atoms with Crippen LogP contribution in [-0.4, -0.2) is 21.6 Å². The largest absolute Gasteiger partial charge is 0.380 e. The highest BCUT2D eigenvalue weighted by Gasteiger charge is 2.29. The van der Waals surface area contributed by atoms with E-state index in [0.29, 0.717) is 18.5 Å². The molecule has 21 heavy (non-hydrogen) atoms. The summed E-state index contributed by atoms with van der Waals surface area (Å²) >= 11 is 0. The predicted octanol–water partition coefficient (Wildman–Crippen LogP) is 2.71. The molecular weight excluding hydrogens is 264 g/mol. The topological polar surface area (TPSA) is 62.2 Å². The van der Waals surface area contributed by atoms with Crippen LogP contribution in [0.25, 0.3) is 0 Å². The van der Waals surface area contributed by atoms with Gasteiger partial charge in [0.15, 0.2) is 0 Å². The molecule has 0 saturated carbocycles. The van der Waals surface area contributed by atoms with E-state index in [1.165, 1.54) is 6.92 Å². The molecule has 2 N–H and O–H groups in total. The molecule has 2 rings (SSSR count). The van der Waals surface area contributed by atoms with E-state index in [2.05, 4.69) is 10.3 Å². The van der Waals surface area contributed by atoms with Gasteiger partial charge in [0, 0.05) is 18.1 Å². The quantitative estimate of drug-likeness (QED) is 0.887. The number of nitrogens with zero attached hydrogens (tertiary/aromatic N) is 1. The van der Waals surface area contributed by atoms with Crippen LogP contribution < -0.4 is 5.32 Å². The molecule has 0 radical (unpaired) electrons. The summed E-state index contributed by atoms with van der Waals surface area (Å²) < 4.78 is 0. The molecule has 1 aromatic heterocycles. The highest BCUT2D eigenvalue weighted by Crippen LogP contribution is 2.17. The van der Waals surface area contributed by atoms with Gasteiger partial charge in [0.1, 0.15) is 5.60 Å². The lowest BCUT2D eigenvalue weighted by Gasteiger charge is -2.22. The Kier molecular flexibility index (Phi) is 4.70. The van der Waals surface area contributed by atoms with Crippen LogP contribution in [0, 0.1) is 6.92 Å². The molecule has 110 valence electrons. The number of carbonyl (C=O) groups excluding carboxylic acids is 1. The van der Waals surface area contributed by atoms with Gasteiger partial charge in [-0.2, -0.15) is 0 Å². The lowest BCUT2D eigenvalue weighted by molar-refractivity contribution is -0.132. The molecule has 0 bridgehead atoms. The summed E-state index contributed by atoms with van der Waals surface area (Å²) in [6.45, 7) is 3.52. The van der Waals surface area contributed by atoms with Gasteiger partial charge in [0.05, 0.1) is 0 Å². The minimum Gasteiger partial charge on any atom is -0.380 e. The third-order valence-electron chi connectivity index (χ3n) is 3.45. The monoisotopic (exact) mass is 284 g/mol. The fraction of sp³-hybridized carbons (Fsp3) is 0.294. The highest BCUT2D eigenvalue weighted by atomic mass is 16.3. The van der Waals surface area contributed by atoms with Crippen LogP contribution in [-0.2, 0) is 11.2 Å². The van der Waals surface area contributed by atoms with Gasteiger partial charge in [0.2, 0.25) is 0 Å². The number of aromatic nitrogens is 1. The van der Waals surface area contributed by atoms with Crippen molar-refractivity contribution in [2.45, 2.75) is 32.3 Å². The van der Waals surface area contributed by atoms with E-state index in [-0.39, 0.29) is 5.91 Å². The average Bonchev–Trinajstić information content (AvgIpc) is 2.48. The fourth-order valence-corrected chi connectivity index (χ4v) is 1.95. The Bertz CT molecular complexity index is 592. The number of carbonyl (C=O) groups is 1. The SMILES string of the molecule is Cc1ccc(NC(=O)[C@@](C)(O)CCc2ccncc2)cc1. The van der Waals surface area contributed by atoms with E-state index >= 15 is 0 Å². The molecule has 1 heterocycles. The van der Waals surface area contributed by atoms with E-state index in [4.69, 9.17) is 0 Å². The molecule has 0 aliphatic heterocycles. The second-order valence-electron chi connectivity index (χ2n) is 5.45. The van der Waals surface area contributed by atoms with Crippen molar-refractivity contribution in [2.75, 3.05) is 5.32 Å². The van der Waals surface area contributed by atoms with Crippen LogP contribution in [0.5, 0.6) is 0 Å². The maximum atomic E-state index is 12.2. The maximum Gasteiger partial charge on any atom is 0.256 e. The Balaban J connectivity index is 1.95. The van der Waals surface area contributed by atoms with Gasteiger partial charge in [-0.05, 0) is 56.5 Å². The Hall–Kier alpha value is -2.20. The van der Waals surface area contributed by atoms with Crippen molar-refractivity contribution in [3.05, 3.63) is 59.9 Å². The first-order valence-electron chi connectivity index (χ1n) is 6.97. The van der Waals surface area contributed by atoms with Crippen molar-refractivity contribution >= 4 is 11.6 Å². The number of nitrogens with one attached hydrogen (secondary N) is 1. The number of rotatable bonds is 5. The lowest BCUT2D eigenvalue weighted by Crippen LogP contribution is -2.40. The second kappa shape index (κ2) is 6.50. The average molecular weight is 284 g/mol. The number of hydrogen-bond acceptors (Lipinski definition) is 3. The first kappa shape index (κ1) is 15.2. The maximum absolute atomic E-state index is 12.2. The molecule has 4 nitrogen and oxygen atoms in total. The Labute approximate surface area is 124 Å². The van der Waals surface area contributed by atoms with E-state index in [9.17, 15) is 9.90 Å². The summed E-state index contributed by atoms with van der Waals surface area (Å²) in [5.74, 6) is -0.389. The third-order valence-corrected chi connectivity index (χ3v) is 3.45. The minimum absolute atomic E-state index is 0.356. The van der Waals surface area contributed by atoms with Crippen LogP contribution in [0.15, 0.2) is 48.8 Å². The molecular formula is C17H20N2O2. The zero-order valence-corrected chi connectivity index (χ0v) is 12.3. The van der Waals surface area contributed by atoms with Gasteiger partial charge in [-0.1, -0.05) is 17.7 Å². The first-order chi connectivity index (χ1) is 9.97. The van der Waals surface area contributed by atoms with Gasteiger partial charge >= 0.3 is 0 Å². The summed E-state index contributed by atoms with van der Waals surface area (Å²) in [5, 5.41) is 13.1. The standard InChI is InChI=1S/C17H20N2O2/c1-13-3-5-15(6-4-13)19-16(20)17(2,21)10-7-14-8-11-18-12-9-14/h3-6,8-9,11-12,21H,7,10H2,1-2H3,(H,19,20)/t17-/m0/s1. The molecule has 2 aromatic rings. The van der Waals surface area contributed by atoms with Crippen LogP contribution >= 0.6 is 0 Å². The smallest absolute Gasteiger partial charge is 0.256 e. The minimum atomic E-state index is -1.41. The highest BCUT2D eigenvalue weighted by molar-refractivity contribution is 5.96. The molecule has 0 spiro atoms. The van der Waals surface area contributed by atoms with E-state index in [1.807, 2.05) is 43.3 Å². The number of aliphatic hydroxyl groups is 1. The number of pyridine rings is 1. The molecule has 0 fully saturated rings. The van der Waals surface area contributed by atoms with Crippen molar-refractivity contribution in [1.82, 2.24) is 4.98 Å². The van der Waals surface area contributed by atoms with Crippen molar-refractivity contribution in [2.24, 2.45) is 0 Å². The molecule has 0 saturated heterocycles. The third kappa shape index (κ3) is 4.39. The van der Waals surface area contributed by atoms with Crippen LogP contribution in [0.1, 0.15) is 24.5 Å². The summed E-state index contributed by atoms with van der Waals surface area (Å²) in [6.07, 6.45) is 4.39. The van der Waals surface area contributed by atoms with Crippen LogP contribution in [0.3, 0.4) is 0 Å². The summed E-state index contributed by atoms with van der Waals surface area (Å²) in [4.78, 5) is 16.1. The van der Waals surface area contributed by atoms with Crippen molar-refractivity contribution in [3.8, 4) is 0 Å². The molecule has 0 aliphatic rings. The van der Waals surface area contributed by atoms with Crippen molar-refractivity contribution in [3.63, 3.8) is 0 Å². The molecule has 4 heteroatoms. The zero-order chi connectivity index (χ0) is 15.3. The lowest BCUT2D eigenvalue weighted by atomic mass is 9.96. The normalized spacial score (nSPS) is 13.5. The summed E-state index contributed by atoms with van der Waals surface area (Å²) in [6, 6.07) is 11.3. The number of benzene rings is 1.